The first-order valence-corrected chi connectivity index (χ1v) is 7.94. The molecule has 1 atom stereocenters. The molecule has 3 aromatic heterocycles. The number of benzene rings is 1. The number of aryl methyl sites for hydroxylation is 1. The second-order valence-corrected chi connectivity index (χ2v) is 5.88. The molecule has 0 aliphatic carbocycles. The highest BCUT2D eigenvalue weighted by atomic mass is 16.1. The van der Waals surface area contributed by atoms with Crippen LogP contribution >= 0.6 is 0 Å². The molecule has 8 nitrogen and oxygen atoms in total. The number of nitrogens with zero attached hydrogens (tertiary/aromatic N) is 4. The summed E-state index contributed by atoms with van der Waals surface area (Å²) in [4.78, 5) is 18.6. The molecule has 4 aromatic rings. The molecule has 0 unspecified atom stereocenters. The van der Waals surface area contributed by atoms with E-state index in [4.69, 9.17) is 4.98 Å². The summed E-state index contributed by atoms with van der Waals surface area (Å²) in [7, 11) is 0. The van der Waals surface area contributed by atoms with Crippen LogP contribution in [0.5, 0.6) is 0 Å². The molecule has 0 saturated carbocycles. The van der Waals surface area contributed by atoms with E-state index in [-0.39, 0.29) is 11.7 Å². The van der Waals surface area contributed by atoms with E-state index >= 15 is 0 Å². The molecule has 25 heavy (non-hydrogen) atoms. The fraction of sp³-hybridized carbons (Fsp3) is 0.176. The maximum absolute atomic E-state index is 11.3. The average molecular weight is 335 g/mol. The first-order chi connectivity index (χ1) is 12.1. The Balaban J connectivity index is 1.79. The van der Waals surface area contributed by atoms with Crippen LogP contribution < -0.4 is 11.0 Å². The summed E-state index contributed by atoms with van der Waals surface area (Å²) in [6.45, 7) is 3.84. The van der Waals surface area contributed by atoms with Crippen LogP contribution in [-0.2, 0) is 0 Å². The van der Waals surface area contributed by atoms with Gasteiger partial charge in [-0.1, -0.05) is 30.3 Å². The van der Waals surface area contributed by atoms with Crippen molar-refractivity contribution >= 4 is 11.5 Å². The van der Waals surface area contributed by atoms with Crippen LogP contribution in [0.3, 0.4) is 0 Å². The molecule has 8 heteroatoms. The number of fused-ring (bicyclic) bond motifs is 1. The molecule has 3 N–H and O–H groups in total. The Hall–Kier alpha value is -3.42. The Labute approximate surface area is 142 Å². The number of hydrogen-bond donors (Lipinski definition) is 3. The van der Waals surface area contributed by atoms with Crippen molar-refractivity contribution in [2.75, 3.05) is 5.32 Å². The third-order valence-electron chi connectivity index (χ3n) is 3.91. The number of hydrogen-bond acceptors (Lipinski definition) is 5. The maximum Gasteiger partial charge on any atom is 0.340 e. The van der Waals surface area contributed by atoms with E-state index in [1.807, 2.05) is 56.3 Å². The second-order valence-electron chi connectivity index (χ2n) is 5.88. The minimum Gasteiger partial charge on any atom is -0.360 e. The zero-order valence-electron chi connectivity index (χ0n) is 13.8. The van der Waals surface area contributed by atoms with Crippen LogP contribution in [0.1, 0.15) is 24.5 Å². The number of aromatic nitrogens is 6. The standard InChI is InChI=1S/C17H17N7O/c1-10-8-14-19-13(12-6-4-3-5-7-12)9-15(24(14)23-10)18-11(2)16-20-17(25)22-21-16/h3-9,11,18H,1-2H3,(H2,20,21,22,25)/t11-/m0/s1. The van der Waals surface area contributed by atoms with Gasteiger partial charge in [-0.2, -0.15) is 14.7 Å². The van der Waals surface area contributed by atoms with E-state index in [9.17, 15) is 4.79 Å². The van der Waals surface area contributed by atoms with E-state index in [1.165, 1.54) is 0 Å². The van der Waals surface area contributed by atoms with Gasteiger partial charge in [0.2, 0.25) is 0 Å². The highest BCUT2D eigenvalue weighted by Crippen LogP contribution is 2.24. The minimum absolute atomic E-state index is 0.210. The van der Waals surface area contributed by atoms with Gasteiger partial charge in [-0.15, -0.1) is 0 Å². The molecule has 0 saturated heterocycles. The predicted octanol–water partition coefficient (Wildman–Crippen LogP) is 2.29. The van der Waals surface area contributed by atoms with Gasteiger partial charge in [-0.05, 0) is 13.8 Å². The van der Waals surface area contributed by atoms with Gasteiger partial charge in [-0.25, -0.2) is 14.9 Å². The van der Waals surface area contributed by atoms with E-state index in [0.29, 0.717) is 5.82 Å². The summed E-state index contributed by atoms with van der Waals surface area (Å²) >= 11 is 0. The molecular weight excluding hydrogens is 318 g/mol. The van der Waals surface area contributed by atoms with Crippen molar-refractivity contribution in [1.29, 1.82) is 0 Å². The number of nitrogens with one attached hydrogen (secondary N) is 3. The van der Waals surface area contributed by atoms with Crippen molar-refractivity contribution in [2.45, 2.75) is 19.9 Å². The first-order valence-electron chi connectivity index (χ1n) is 7.94. The van der Waals surface area contributed by atoms with Gasteiger partial charge in [0.15, 0.2) is 11.5 Å². The Morgan fingerprint density at radius 1 is 1.20 bits per heavy atom. The largest absolute Gasteiger partial charge is 0.360 e. The molecule has 0 spiro atoms. The third-order valence-corrected chi connectivity index (χ3v) is 3.91. The fourth-order valence-corrected chi connectivity index (χ4v) is 2.73. The number of rotatable bonds is 4. The van der Waals surface area contributed by atoms with Crippen LogP contribution in [0.2, 0.25) is 0 Å². The molecule has 1 aromatic carbocycles. The van der Waals surface area contributed by atoms with Gasteiger partial charge in [0.1, 0.15) is 5.82 Å². The zero-order valence-corrected chi connectivity index (χ0v) is 13.8. The molecular formula is C17H17N7O. The highest BCUT2D eigenvalue weighted by molar-refractivity contribution is 5.66. The van der Waals surface area contributed by atoms with Gasteiger partial charge >= 0.3 is 5.69 Å². The Morgan fingerprint density at radius 3 is 2.72 bits per heavy atom. The summed E-state index contributed by atoms with van der Waals surface area (Å²) < 4.78 is 1.75. The Morgan fingerprint density at radius 2 is 2.00 bits per heavy atom. The van der Waals surface area contributed by atoms with E-state index in [1.54, 1.807) is 4.52 Å². The van der Waals surface area contributed by atoms with E-state index in [2.05, 4.69) is 25.6 Å². The molecule has 3 heterocycles. The molecule has 0 bridgehead atoms. The smallest absolute Gasteiger partial charge is 0.340 e. The molecule has 0 fully saturated rings. The van der Waals surface area contributed by atoms with Crippen LogP contribution in [0.4, 0.5) is 5.82 Å². The summed E-state index contributed by atoms with van der Waals surface area (Å²) in [5, 5.41) is 14.2. The van der Waals surface area contributed by atoms with Crippen molar-refractivity contribution in [3.63, 3.8) is 0 Å². The van der Waals surface area contributed by atoms with Crippen molar-refractivity contribution in [3.8, 4) is 11.3 Å². The average Bonchev–Trinajstić information content (AvgIpc) is 3.20. The minimum atomic E-state index is -0.330. The molecule has 0 aliphatic rings. The van der Waals surface area contributed by atoms with Crippen LogP contribution in [0.25, 0.3) is 16.9 Å². The lowest BCUT2D eigenvalue weighted by molar-refractivity contribution is 0.775. The van der Waals surface area contributed by atoms with Crippen molar-refractivity contribution in [2.24, 2.45) is 0 Å². The maximum atomic E-state index is 11.3. The normalized spacial score (nSPS) is 12.4. The van der Waals surface area contributed by atoms with Crippen molar-refractivity contribution in [3.05, 3.63) is 64.5 Å². The number of anilines is 1. The van der Waals surface area contributed by atoms with E-state index < -0.39 is 0 Å². The zero-order chi connectivity index (χ0) is 17.4. The van der Waals surface area contributed by atoms with Gasteiger partial charge < -0.3 is 5.32 Å². The topological polar surface area (TPSA) is 104 Å². The molecule has 126 valence electrons. The first kappa shape index (κ1) is 15.1. The molecule has 0 aliphatic heterocycles. The monoisotopic (exact) mass is 335 g/mol. The summed E-state index contributed by atoms with van der Waals surface area (Å²) in [5.74, 6) is 1.30. The van der Waals surface area contributed by atoms with Crippen LogP contribution in [-0.4, -0.2) is 29.8 Å². The van der Waals surface area contributed by atoms with Gasteiger partial charge in [0.25, 0.3) is 0 Å². The number of H-pyrrole nitrogens is 2. The van der Waals surface area contributed by atoms with E-state index in [0.717, 1.165) is 28.4 Å². The predicted molar refractivity (Wildman–Crippen MR) is 94.4 cm³/mol. The second kappa shape index (κ2) is 5.90. The SMILES string of the molecule is Cc1cc2nc(-c3ccccc3)cc(N[C@@H](C)c3n[nH]c(=O)[nH]3)n2n1. The van der Waals surface area contributed by atoms with Crippen LogP contribution in [0, 0.1) is 6.92 Å². The number of aromatic amines is 2. The van der Waals surface area contributed by atoms with Gasteiger partial charge in [0.05, 0.1) is 17.4 Å². The lowest BCUT2D eigenvalue weighted by atomic mass is 10.1. The molecule has 0 radical (unpaired) electrons. The summed E-state index contributed by atoms with van der Waals surface area (Å²) in [5.41, 5.74) is 3.17. The Bertz CT molecular complexity index is 1080. The quantitative estimate of drug-likeness (QED) is 0.531. The van der Waals surface area contributed by atoms with Crippen molar-refractivity contribution < 1.29 is 0 Å². The Kier molecular flexibility index (Phi) is 3.57. The molecule has 0 amide bonds. The third kappa shape index (κ3) is 2.89. The summed E-state index contributed by atoms with van der Waals surface area (Å²) in [6, 6.07) is 13.6. The van der Waals surface area contributed by atoms with Crippen LogP contribution in [0.15, 0.2) is 47.3 Å². The van der Waals surface area contributed by atoms with Crippen molar-refractivity contribution in [1.82, 2.24) is 29.8 Å². The lowest BCUT2D eigenvalue weighted by Crippen LogP contribution is -2.13. The highest BCUT2D eigenvalue weighted by Gasteiger charge is 2.14. The summed E-state index contributed by atoms with van der Waals surface area (Å²) in [6.07, 6.45) is 0. The fourth-order valence-electron chi connectivity index (χ4n) is 2.73. The lowest BCUT2D eigenvalue weighted by Gasteiger charge is -2.14. The molecule has 4 rings (SSSR count). The van der Waals surface area contributed by atoms with Gasteiger partial charge in [0, 0.05) is 17.7 Å². The van der Waals surface area contributed by atoms with Gasteiger partial charge in [-0.3, -0.25) is 4.98 Å².